The summed E-state index contributed by atoms with van der Waals surface area (Å²) in [7, 11) is 0. The van der Waals surface area contributed by atoms with Gasteiger partial charge in [-0.15, -0.1) is 12.4 Å². The molecule has 100 valence electrons. The molecule has 0 radical (unpaired) electrons. The number of nitrogens with two attached hydrogens (primary N) is 1. The molecule has 0 aromatic carbocycles. The number of hydrogen-bond acceptors (Lipinski definition) is 5. The fourth-order valence-electron chi connectivity index (χ4n) is 1.78. The van der Waals surface area contributed by atoms with Crippen molar-refractivity contribution in [2.75, 3.05) is 26.2 Å². The van der Waals surface area contributed by atoms with E-state index in [1.807, 2.05) is 22.9 Å². The third-order valence-corrected chi connectivity index (χ3v) is 2.53. The van der Waals surface area contributed by atoms with Gasteiger partial charge in [-0.25, -0.2) is 9.97 Å². The molecule has 0 aliphatic carbocycles. The molecule has 0 atom stereocenters. The molecule has 18 heavy (non-hydrogen) atoms. The number of fused-ring (bicyclic) bond motifs is 1. The lowest BCUT2D eigenvalue weighted by atomic mass is 10.4. The minimum absolute atomic E-state index is 0. The van der Waals surface area contributed by atoms with Gasteiger partial charge in [0.05, 0.1) is 12.3 Å². The van der Waals surface area contributed by atoms with E-state index in [-0.39, 0.29) is 19.0 Å². The van der Waals surface area contributed by atoms with Crippen LogP contribution >= 0.6 is 12.4 Å². The average Bonchev–Trinajstić information content (AvgIpc) is 2.71. The summed E-state index contributed by atoms with van der Waals surface area (Å²) in [5, 5.41) is 8.96. The summed E-state index contributed by atoms with van der Waals surface area (Å²) in [6.07, 6.45) is 5.58. The largest absolute Gasteiger partial charge is 0.395 e. The van der Waals surface area contributed by atoms with Gasteiger partial charge in [0.2, 0.25) is 5.78 Å². The Kier molecular flexibility index (Phi) is 6.00. The van der Waals surface area contributed by atoms with Gasteiger partial charge in [0.15, 0.2) is 0 Å². The van der Waals surface area contributed by atoms with E-state index in [0.29, 0.717) is 25.4 Å². The molecular weight excluding hydrogens is 254 g/mol. The maximum absolute atomic E-state index is 8.96. The van der Waals surface area contributed by atoms with Crippen molar-refractivity contribution >= 4 is 18.2 Å². The van der Waals surface area contributed by atoms with Crippen LogP contribution in [0.2, 0.25) is 0 Å². The number of imidazole rings is 1. The molecule has 3 N–H and O–H groups in total. The van der Waals surface area contributed by atoms with Crippen LogP contribution in [0, 0.1) is 0 Å². The van der Waals surface area contributed by atoms with E-state index in [0.717, 1.165) is 12.2 Å². The van der Waals surface area contributed by atoms with Crippen molar-refractivity contribution in [3.8, 4) is 0 Å². The van der Waals surface area contributed by atoms with E-state index < -0.39 is 0 Å². The zero-order valence-corrected chi connectivity index (χ0v) is 10.9. The van der Waals surface area contributed by atoms with Gasteiger partial charge in [0, 0.05) is 44.8 Å². The second-order valence-electron chi connectivity index (χ2n) is 3.85. The summed E-state index contributed by atoms with van der Waals surface area (Å²) in [6, 6.07) is 1.86. The highest BCUT2D eigenvalue weighted by Crippen LogP contribution is 2.05. The third-order valence-electron chi connectivity index (χ3n) is 2.53. The van der Waals surface area contributed by atoms with Gasteiger partial charge in [-0.1, -0.05) is 0 Å². The molecule has 7 heteroatoms. The molecule has 0 unspecified atom stereocenters. The van der Waals surface area contributed by atoms with Gasteiger partial charge < -0.3 is 10.8 Å². The van der Waals surface area contributed by atoms with E-state index in [4.69, 9.17) is 10.8 Å². The van der Waals surface area contributed by atoms with Crippen molar-refractivity contribution in [2.24, 2.45) is 5.73 Å². The summed E-state index contributed by atoms with van der Waals surface area (Å²) < 4.78 is 1.88. The Morgan fingerprint density at radius 2 is 2.22 bits per heavy atom. The van der Waals surface area contributed by atoms with Crippen molar-refractivity contribution in [3.05, 3.63) is 30.4 Å². The van der Waals surface area contributed by atoms with E-state index >= 15 is 0 Å². The molecule has 0 fully saturated rings. The fraction of sp³-hybridized carbons (Fsp3) is 0.455. The lowest BCUT2D eigenvalue weighted by molar-refractivity contribution is 0.192. The molecule has 0 saturated carbocycles. The Morgan fingerprint density at radius 3 is 2.89 bits per heavy atom. The quantitative estimate of drug-likeness (QED) is 0.767. The SMILES string of the molecule is Cl.NCCN(CCO)Cc1cn2cccnc2n1. The first-order valence-electron chi connectivity index (χ1n) is 5.65. The van der Waals surface area contributed by atoms with Gasteiger partial charge >= 0.3 is 0 Å². The summed E-state index contributed by atoms with van der Waals surface area (Å²) in [5.74, 6) is 0.694. The molecule has 0 aliphatic heterocycles. The van der Waals surface area contributed by atoms with E-state index in [1.165, 1.54) is 0 Å². The van der Waals surface area contributed by atoms with Crippen molar-refractivity contribution in [1.82, 2.24) is 19.3 Å². The molecule has 2 aromatic heterocycles. The predicted molar refractivity (Wildman–Crippen MR) is 71.7 cm³/mol. The van der Waals surface area contributed by atoms with Gasteiger partial charge in [-0.2, -0.15) is 0 Å². The van der Waals surface area contributed by atoms with Gasteiger partial charge in [-0.05, 0) is 6.07 Å². The molecule has 0 bridgehead atoms. The van der Waals surface area contributed by atoms with E-state index in [2.05, 4.69) is 14.9 Å². The van der Waals surface area contributed by atoms with Crippen molar-refractivity contribution in [1.29, 1.82) is 0 Å². The number of nitrogens with zero attached hydrogens (tertiary/aromatic N) is 4. The molecule has 0 aliphatic rings. The Hall–Kier alpha value is -1.21. The van der Waals surface area contributed by atoms with Crippen molar-refractivity contribution in [3.63, 3.8) is 0 Å². The van der Waals surface area contributed by atoms with Crippen LogP contribution in [0.3, 0.4) is 0 Å². The van der Waals surface area contributed by atoms with Gasteiger partial charge in [-0.3, -0.25) is 9.30 Å². The van der Waals surface area contributed by atoms with Crippen LogP contribution < -0.4 is 5.73 Å². The molecule has 0 amide bonds. The number of hydrogen-bond donors (Lipinski definition) is 2. The van der Waals surface area contributed by atoms with Crippen LogP contribution in [0.1, 0.15) is 5.69 Å². The predicted octanol–water partition coefficient (Wildman–Crippen LogP) is -0.0959. The zero-order valence-electron chi connectivity index (χ0n) is 10.1. The topological polar surface area (TPSA) is 79.7 Å². The van der Waals surface area contributed by atoms with E-state index in [1.54, 1.807) is 6.20 Å². The van der Waals surface area contributed by atoms with E-state index in [9.17, 15) is 0 Å². The van der Waals surface area contributed by atoms with Crippen LogP contribution in [-0.2, 0) is 6.54 Å². The maximum Gasteiger partial charge on any atom is 0.233 e. The Balaban J connectivity index is 0.00000162. The molecule has 2 heterocycles. The summed E-state index contributed by atoms with van der Waals surface area (Å²) in [4.78, 5) is 10.6. The first-order valence-corrected chi connectivity index (χ1v) is 5.65. The first-order chi connectivity index (χ1) is 8.33. The summed E-state index contributed by atoms with van der Waals surface area (Å²) in [6.45, 7) is 2.75. The van der Waals surface area contributed by atoms with Crippen LogP contribution in [0.4, 0.5) is 0 Å². The fourth-order valence-corrected chi connectivity index (χ4v) is 1.78. The second kappa shape index (κ2) is 7.27. The lowest BCUT2D eigenvalue weighted by Crippen LogP contribution is -2.31. The van der Waals surface area contributed by atoms with Crippen molar-refractivity contribution < 1.29 is 5.11 Å². The standard InChI is InChI=1S/C11H17N5O.ClH/c12-2-5-15(6-7-17)8-10-9-16-4-1-3-13-11(16)14-10;/h1,3-4,9,17H,2,5-8,12H2;1H. The minimum atomic E-state index is 0. The summed E-state index contributed by atoms with van der Waals surface area (Å²) >= 11 is 0. The molecule has 2 aromatic rings. The van der Waals surface area contributed by atoms with Crippen molar-refractivity contribution in [2.45, 2.75) is 6.54 Å². The number of aromatic nitrogens is 3. The Morgan fingerprint density at radius 1 is 1.39 bits per heavy atom. The molecule has 0 spiro atoms. The number of aliphatic hydroxyl groups is 1. The lowest BCUT2D eigenvalue weighted by Gasteiger charge is -2.18. The van der Waals surface area contributed by atoms with Crippen LogP contribution in [0.25, 0.3) is 5.78 Å². The smallest absolute Gasteiger partial charge is 0.233 e. The zero-order chi connectivity index (χ0) is 12.1. The normalized spacial score (nSPS) is 10.8. The number of halogens is 1. The number of rotatable bonds is 6. The minimum Gasteiger partial charge on any atom is -0.395 e. The first kappa shape index (κ1) is 14.8. The Labute approximate surface area is 112 Å². The highest BCUT2D eigenvalue weighted by Gasteiger charge is 2.08. The molecule has 2 rings (SSSR count). The highest BCUT2D eigenvalue weighted by atomic mass is 35.5. The third kappa shape index (κ3) is 3.64. The molecule has 6 nitrogen and oxygen atoms in total. The monoisotopic (exact) mass is 271 g/mol. The highest BCUT2D eigenvalue weighted by molar-refractivity contribution is 5.85. The van der Waals surface area contributed by atoms with Gasteiger partial charge in [0.25, 0.3) is 0 Å². The summed E-state index contributed by atoms with van der Waals surface area (Å²) in [5.41, 5.74) is 6.46. The molecular formula is C11H18ClN5O. The average molecular weight is 272 g/mol. The Bertz CT molecular complexity index is 436. The van der Waals surface area contributed by atoms with Crippen LogP contribution in [0.5, 0.6) is 0 Å². The van der Waals surface area contributed by atoms with Gasteiger partial charge in [0.1, 0.15) is 0 Å². The van der Waals surface area contributed by atoms with Crippen LogP contribution in [0.15, 0.2) is 24.7 Å². The van der Waals surface area contributed by atoms with Crippen LogP contribution in [-0.4, -0.2) is 50.6 Å². The second-order valence-corrected chi connectivity index (χ2v) is 3.85. The number of aliphatic hydroxyl groups excluding tert-OH is 1. The molecule has 0 saturated heterocycles. The maximum atomic E-state index is 8.96.